The summed E-state index contributed by atoms with van der Waals surface area (Å²) in [6.45, 7) is 3.71. The Morgan fingerprint density at radius 2 is 2.00 bits per heavy atom. The van der Waals surface area contributed by atoms with E-state index >= 15 is 0 Å². The highest BCUT2D eigenvalue weighted by Crippen LogP contribution is 2.20. The van der Waals surface area contributed by atoms with E-state index in [1.165, 1.54) is 4.88 Å². The molecule has 2 aliphatic rings. The first-order chi connectivity index (χ1) is 15.7. The van der Waals surface area contributed by atoms with Crippen LogP contribution in [-0.2, 0) is 32.1 Å². The molecule has 4 rings (SSSR count). The Morgan fingerprint density at radius 3 is 2.75 bits per heavy atom. The third-order valence-corrected chi connectivity index (χ3v) is 7.04. The van der Waals surface area contributed by atoms with Crippen molar-refractivity contribution in [2.75, 3.05) is 39.4 Å². The molecule has 172 valence electrons. The molecule has 2 aromatic heterocycles. The molecule has 7 nitrogen and oxygen atoms in total. The minimum atomic E-state index is -0.222. The molecular formula is C24H31N3O4S. The van der Waals surface area contributed by atoms with Crippen LogP contribution in [0.3, 0.4) is 0 Å². The van der Waals surface area contributed by atoms with E-state index in [1.807, 2.05) is 34.5 Å². The topological polar surface area (TPSA) is 72.0 Å². The summed E-state index contributed by atoms with van der Waals surface area (Å²) in [6.07, 6.45) is 6.31. The Bertz CT molecular complexity index is 855. The summed E-state index contributed by atoms with van der Waals surface area (Å²) in [5.41, 5.74) is 1.03. The molecule has 32 heavy (non-hydrogen) atoms. The molecule has 0 N–H and O–H groups in total. The lowest BCUT2D eigenvalue weighted by atomic mass is 9.99. The summed E-state index contributed by atoms with van der Waals surface area (Å²) >= 11 is 1.66. The number of carbonyl (C=O) groups is 2. The molecule has 2 fully saturated rings. The zero-order valence-corrected chi connectivity index (χ0v) is 19.2. The molecule has 2 aliphatic heterocycles. The van der Waals surface area contributed by atoms with Crippen LogP contribution in [0.4, 0.5) is 0 Å². The van der Waals surface area contributed by atoms with Crippen LogP contribution in [0.1, 0.15) is 29.7 Å². The van der Waals surface area contributed by atoms with Crippen LogP contribution < -0.4 is 0 Å². The van der Waals surface area contributed by atoms with Gasteiger partial charge in [-0.05, 0) is 54.3 Å². The molecule has 0 spiro atoms. The monoisotopic (exact) mass is 457 g/mol. The second-order valence-corrected chi connectivity index (χ2v) is 9.53. The standard InChI is InChI=1S/C24H31N3O4S/c28-23(4-3-22-2-1-13-32-22)27-16-21(31-18-20-5-9-25-10-6-20)15-26(24(29)17-27)14-19-7-11-30-12-8-19/h1-2,5-6,9-10,13,19,21H,3-4,7-8,11-12,14-18H2/t21-/m1/s1. The zero-order chi connectivity index (χ0) is 22.2. The fourth-order valence-electron chi connectivity index (χ4n) is 4.23. The van der Waals surface area contributed by atoms with Crippen molar-refractivity contribution in [3.8, 4) is 0 Å². The number of pyridine rings is 1. The van der Waals surface area contributed by atoms with Crippen molar-refractivity contribution >= 4 is 23.2 Å². The normalized spacial score (nSPS) is 20.4. The van der Waals surface area contributed by atoms with Gasteiger partial charge < -0.3 is 19.3 Å². The third kappa shape index (κ3) is 6.60. The van der Waals surface area contributed by atoms with Crippen molar-refractivity contribution in [2.45, 2.75) is 38.4 Å². The first-order valence-corrected chi connectivity index (χ1v) is 12.2. The highest BCUT2D eigenvalue weighted by atomic mass is 32.1. The number of thiophene rings is 1. The second-order valence-electron chi connectivity index (χ2n) is 8.50. The van der Waals surface area contributed by atoms with E-state index in [4.69, 9.17) is 9.47 Å². The molecule has 2 aromatic rings. The second kappa shape index (κ2) is 11.5. The van der Waals surface area contributed by atoms with Gasteiger partial charge >= 0.3 is 0 Å². The van der Waals surface area contributed by atoms with Crippen LogP contribution in [-0.4, -0.2) is 72.1 Å². The minimum absolute atomic E-state index is 0.0102. The van der Waals surface area contributed by atoms with E-state index in [1.54, 1.807) is 28.6 Å². The fraction of sp³-hybridized carbons (Fsp3) is 0.542. The first-order valence-electron chi connectivity index (χ1n) is 11.3. The maximum atomic E-state index is 13.1. The van der Waals surface area contributed by atoms with E-state index < -0.39 is 0 Å². The SMILES string of the molecule is O=C(CCc1cccs1)N1CC(=O)N(CC2CCOCC2)C[C@@H](OCc2ccncc2)C1. The number of amides is 2. The number of ether oxygens (including phenoxy) is 2. The molecule has 0 radical (unpaired) electrons. The highest BCUT2D eigenvalue weighted by molar-refractivity contribution is 7.09. The van der Waals surface area contributed by atoms with Gasteiger partial charge in [-0.1, -0.05) is 6.07 Å². The maximum absolute atomic E-state index is 13.1. The van der Waals surface area contributed by atoms with E-state index in [9.17, 15) is 9.59 Å². The Hall–Kier alpha value is -2.29. The van der Waals surface area contributed by atoms with Gasteiger partial charge in [0, 0.05) is 56.5 Å². The molecule has 8 heteroatoms. The fourth-order valence-corrected chi connectivity index (χ4v) is 4.94. The van der Waals surface area contributed by atoms with Crippen LogP contribution in [0.2, 0.25) is 0 Å². The van der Waals surface area contributed by atoms with Crippen molar-refractivity contribution in [1.29, 1.82) is 0 Å². The molecule has 1 atom stereocenters. The minimum Gasteiger partial charge on any atom is -0.381 e. The quantitative estimate of drug-likeness (QED) is 0.610. The first kappa shape index (κ1) is 22.9. The van der Waals surface area contributed by atoms with Gasteiger partial charge in [0.1, 0.15) is 0 Å². The average Bonchev–Trinajstić information content (AvgIpc) is 3.29. The van der Waals surface area contributed by atoms with Gasteiger partial charge in [-0.15, -0.1) is 11.3 Å². The molecule has 4 heterocycles. The lowest BCUT2D eigenvalue weighted by Gasteiger charge is -2.30. The summed E-state index contributed by atoms with van der Waals surface area (Å²) in [5, 5.41) is 2.02. The van der Waals surface area contributed by atoms with Crippen molar-refractivity contribution in [1.82, 2.24) is 14.8 Å². The number of aromatic nitrogens is 1. The van der Waals surface area contributed by atoms with Gasteiger partial charge in [0.2, 0.25) is 11.8 Å². The van der Waals surface area contributed by atoms with Crippen molar-refractivity contribution in [3.05, 3.63) is 52.5 Å². The van der Waals surface area contributed by atoms with E-state index in [2.05, 4.69) is 4.98 Å². The third-order valence-electron chi connectivity index (χ3n) is 6.10. The van der Waals surface area contributed by atoms with Crippen LogP contribution in [0, 0.1) is 5.92 Å². The van der Waals surface area contributed by atoms with Gasteiger partial charge in [-0.3, -0.25) is 14.6 Å². The summed E-state index contributed by atoms with van der Waals surface area (Å²) in [7, 11) is 0. The van der Waals surface area contributed by atoms with Gasteiger partial charge in [-0.25, -0.2) is 0 Å². The molecule has 0 aromatic carbocycles. The number of hydrogen-bond acceptors (Lipinski definition) is 6. The largest absolute Gasteiger partial charge is 0.381 e. The Kier molecular flexibility index (Phi) is 8.25. The van der Waals surface area contributed by atoms with Crippen molar-refractivity contribution < 1.29 is 19.1 Å². The predicted molar refractivity (Wildman–Crippen MR) is 122 cm³/mol. The summed E-state index contributed by atoms with van der Waals surface area (Å²) in [4.78, 5) is 34.9. The van der Waals surface area contributed by atoms with Crippen LogP contribution in [0.25, 0.3) is 0 Å². The van der Waals surface area contributed by atoms with E-state index in [0.717, 1.165) is 31.6 Å². The van der Waals surface area contributed by atoms with Gasteiger partial charge in [-0.2, -0.15) is 0 Å². The highest BCUT2D eigenvalue weighted by Gasteiger charge is 2.32. The maximum Gasteiger partial charge on any atom is 0.242 e. The number of carbonyl (C=O) groups excluding carboxylic acids is 2. The van der Waals surface area contributed by atoms with Crippen LogP contribution in [0.5, 0.6) is 0 Å². The van der Waals surface area contributed by atoms with Crippen LogP contribution >= 0.6 is 11.3 Å². The number of hydrogen-bond donors (Lipinski definition) is 0. The predicted octanol–water partition coefficient (Wildman–Crippen LogP) is 2.76. The van der Waals surface area contributed by atoms with E-state index in [0.29, 0.717) is 45.0 Å². The Balaban J connectivity index is 1.41. The molecule has 2 saturated heterocycles. The molecule has 0 saturated carbocycles. The van der Waals surface area contributed by atoms with Gasteiger partial charge in [0.05, 0.1) is 19.3 Å². The Morgan fingerprint density at radius 1 is 1.19 bits per heavy atom. The lowest BCUT2D eigenvalue weighted by Crippen LogP contribution is -2.42. The van der Waals surface area contributed by atoms with Gasteiger partial charge in [0.15, 0.2) is 0 Å². The Labute approximate surface area is 193 Å². The molecule has 0 aliphatic carbocycles. The van der Waals surface area contributed by atoms with Crippen molar-refractivity contribution in [3.63, 3.8) is 0 Å². The molecular weight excluding hydrogens is 426 g/mol. The summed E-state index contributed by atoms with van der Waals surface area (Å²) in [6, 6.07) is 7.88. The average molecular weight is 458 g/mol. The van der Waals surface area contributed by atoms with E-state index in [-0.39, 0.29) is 24.5 Å². The smallest absolute Gasteiger partial charge is 0.242 e. The van der Waals surface area contributed by atoms with Crippen LogP contribution in [0.15, 0.2) is 42.0 Å². The molecule has 2 amide bonds. The molecule has 0 bridgehead atoms. The number of rotatable bonds is 8. The molecule has 0 unspecified atom stereocenters. The van der Waals surface area contributed by atoms with Gasteiger partial charge in [0.25, 0.3) is 0 Å². The summed E-state index contributed by atoms with van der Waals surface area (Å²) < 4.78 is 11.7. The number of nitrogens with zero attached hydrogens (tertiary/aromatic N) is 3. The zero-order valence-electron chi connectivity index (χ0n) is 18.4. The summed E-state index contributed by atoms with van der Waals surface area (Å²) in [5.74, 6) is 0.461. The number of aryl methyl sites for hydroxylation is 1. The lowest BCUT2D eigenvalue weighted by molar-refractivity contribution is -0.139. The van der Waals surface area contributed by atoms with Crippen molar-refractivity contribution in [2.24, 2.45) is 5.92 Å².